The van der Waals surface area contributed by atoms with E-state index in [2.05, 4.69) is 10.3 Å². The van der Waals surface area contributed by atoms with Gasteiger partial charge < -0.3 is 15.2 Å². The summed E-state index contributed by atoms with van der Waals surface area (Å²) >= 11 is 7.57. The first-order valence-corrected chi connectivity index (χ1v) is 9.20. The number of hydrogen-bond donors (Lipinski definition) is 2. The van der Waals surface area contributed by atoms with Gasteiger partial charge in [0.1, 0.15) is 10.8 Å². The maximum atomic E-state index is 9.48. The fourth-order valence-corrected chi connectivity index (χ4v) is 3.40. The smallest absolute Gasteiger partial charge is 0.124 e. The molecule has 0 aliphatic rings. The van der Waals surface area contributed by atoms with Gasteiger partial charge in [-0.15, -0.1) is 11.3 Å². The Hall–Kier alpha value is -2.08. The third kappa shape index (κ3) is 4.51. The summed E-state index contributed by atoms with van der Waals surface area (Å²) in [4.78, 5) is 5.61. The van der Waals surface area contributed by atoms with Crippen LogP contribution in [0.15, 0.2) is 48.7 Å². The third-order valence-electron chi connectivity index (χ3n) is 3.64. The van der Waals surface area contributed by atoms with E-state index < -0.39 is 0 Å². The van der Waals surface area contributed by atoms with Crippen molar-refractivity contribution in [3.05, 3.63) is 64.1 Å². The zero-order valence-corrected chi connectivity index (χ0v) is 15.4. The Labute approximate surface area is 156 Å². The van der Waals surface area contributed by atoms with Crippen LogP contribution in [0.25, 0.3) is 10.6 Å². The number of aliphatic hydroxyl groups excluding tert-OH is 1. The van der Waals surface area contributed by atoms with E-state index in [1.165, 1.54) is 0 Å². The first-order valence-electron chi connectivity index (χ1n) is 8.00. The highest BCUT2D eigenvalue weighted by Crippen LogP contribution is 2.28. The van der Waals surface area contributed by atoms with Gasteiger partial charge in [0.25, 0.3) is 0 Å². The molecule has 1 heterocycles. The van der Waals surface area contributed by atoms with Crippen LogP contribution in [-0.4, -0.2) is 16.7 Å². The topological polar surface area (TPSA) is 54.4 Å². The van der Waals surface area contributed by atoms with Crippen molar-refractivity contribution in [1.82, 2.24) is 4.98 Å². The lowest BCUT2D eigenvalue weighted by Crippen LogP contribution is -2.01. The predicted octanol–water partition coefficient (Wildman–Crippen LogP) is 4.97. The maximum Gasteiger partial charge on any atom is 0.124 e. The van der Waals surface area contributed by atoms with Crippen molar-refractivity contribution < 1.29 is 9.84 Å². The minimum absolute atomic E-state index is 0.0495. The predicted molar refractivity (Wildman–Crippen MR) is 103 cm³/mol. The Bertz CT molecular complexity index is 834. The number of ether oxygens (including phenoxy) is 1. The fraction of sp³-hybridized carbons (Fsp3) is 0.211. The quantitative estimate of drug-likeness (QED) is 0.613. The van der Waals surface area contributed by atoms with Crippen LogP contribution in [0.2, 0.25) is 5.02 Å². The molecular weight excluding hydrogens is 356 g/mol. The number of aliphatic hydroxyl groups is 1. The molecule has 2 N–H and O–H groups in total. The molecule has 0 bridgehead atoms. The lowest BCUT2D eigenvalue weighted by molar-refractivity contribution is 0.267. The molecule has 0 amide bonds. The lowest BCUT2D eigenvalue weighted by atomic mass is 10.2. The van der Waals surface area contributed by atoms with Crippen LogP contribution in [0.3, 0.4) is 0 Å². The number of halogens is 1. The minimum Gasteiger partial charge on any atom is -0.494 e. The zero-order valence-electron chi connectivity index (χ0n) is 13.8. The van der Waals surface area contributed by atoms with Crippen molar-refractivity contribution in [2.75, 3.05) is 11.9 Å². The van der Waals surface area contributed by atoms with Gasteiger partial charge in [0.05, 0.1) is 19.8 Å². The molecule has 2 aromatic carbocycles. The number of nitrogens with one attached hydrogen (secondary N) is 1. The SMILES string of the molecule is CCOc1ccc(NCc2cnc(-c3ccc(Cl)cc3)s2)cc1CO. The summed E-state index contributed by atoms with van der Waals surface area (Å²) in [5.74, 6) is 0.721. The molecule has 0 spiro atoms. The second-order valence-corrected chi connectivity index (χ2v) is 6.96. The second-order valence-electron chi connectivity index (χ2n) is 5.41. The molecule has 130 valence electrons. The van der Waals surface area contributed by atoms with Gasteiger partial charge in [0.2, 0.25) is 0 Å². The molecule has 0 radical (unpaired) electrons. The molecule has 6 heteroatoms. The molecule has 3 aromatic rings. The van der Waals surface area contributed by atoms with E-state index in [1.807, 2.05) is 55.6 Å². The number of rotatable bonds is 7. The van der Waals surface area contributed by atoms with Gasteiger partial charge in [0.15, 0.2) is 0 Å². The van der Waals surface area contributed by atoms with Crippen LogP contribution in [0.5, 0.6) is 5.75 Å². The van der Waals surface area contributed by atoms with Gasteiger partial charge in [-0.2, -0.15) is 0 Å². The van der Waals surface area contributed by atoms with E-state index >= 15 is 0 Å². The Balaban J connectivity index is 1.67. The van der Waals surface area contributed by atoms with Crippen LogP contribution in [0.1, 0.15) is 17.4 Å². The number of benzene rings is 2. The molecule has 25 heavy (non-hydrogen) atoms. The summed E-state index contributed by atoms with van der Waals surface area (Å²) in [5, 5.41) is 14.5. The van der Waals surface area contributed by atoms with Crippen molar-refractivity contribution in [2.24, 2.45) is 0 Å². The van der Waals surface area contributed by atoms with E-state index in [1.54, 1.807) is 11.3 Å². The summed E-state index contributed by atoms with van der Waals surface area (Å²) in [6, 6.07) is 13.4. The highest BCUT2D eigenvalue weighted by atomic mass is 35.5. The van der Waals surface area contributed by atoms with Crippen LogP contribution in [-0.2, 0) is 13.2 Å². The normalized spacial score (nSPS) is 10.7. The van der Waals surface area contributed by atoms with E-state index in [0.717, 1.165) is 37.5 Å². The molecule has 4 nitrogen and oxygen atoms in total. The van der Waals surface area contributed by atoms with Crippen molar-refractivity contribution in [1.29, 1.82) is 0 Å². The van der Waals surface area contributed by atoms with E-state index in [9.17, 15) is 5.11 Å². The van der Waals surface area contributed by atoms with Gasteiger partial charge in [-0.3, -0.25) is 0 Å². The standard InChI is InChI=1S/C19H19ClN2O2S/c1-2-24-18-8-7-16(9-14(18)12-23)21-10-17-11-22-19(25-17)13-3-5-15(20)6-4-13/h3-9,11,21,23H,2,10,12H2,1H3. The average molecular weight is 375 g/mol. The molecule has 3 rings (SSSR count). The van der Waals surface area contributed by atoms with E-state index in [0.29, 0.717) is 13.2 Å². The maximum absolute atomic E-state index is 9.48. The number of anilines is 1. The number of hydrogen-bond acceptors (Lipinski definition) is 5. The molecule has 0 saturated carbocycles. The molecule has 0 unspecified atom stereocenters. The molecule has 0 aliphatic heterocycles. The van der Waals surface area contributed by atoms with Crippen LogP contribution >= 0.6 is 22.9 Å². The Morgan fingerprint density at radius 1 is 1.20 bits per heavy atom. The van der Waals surface area contributed by atoms with Gasteiger partial charge in [-0.1, -0.05) is 23.7 Å². The van der Waals surface area contributed by atoms with Gasteiger partial charge >= 0.3 is 0 Å². The van der Waals surface area contributed by atoms with Crippen LogP contribution in [0.4, 0.5) is 5.69 Å². The molecule has 0 atom stereocenters. The number of nitrogens with zero attached hydrogens (tertiary/aromatic N) is 1. The van der Waals surface area contributed by atoms with Gasteiger partial charge in [-0.05, 0) is 37.3 Å². The number of aromatic nitrogens is 1. The van der Waals surface area contributed by atoms with Crippen LogP contribution in [0, 0.1) is 0 Å². The first kappa shape index (κ1) is 17.7. The van der Waals surface area contributed by atoms with Crippen molar-refractivity contribution in [3.8, 4) is 16.3 Å². The Morgan fingerprint density at radius 2 is 2.00 bits per heavy atom. The second kappa shape index (κ2) is 8.34. The fourth-order valence-electron chi connectivity index (χ4n) is 2.41. The monoisotopic (exact) mass is 374 g/mol. The number of thiazole rings is 1. The molecular formula is C19H19ClN2O2S. The average Bonchev–Trinajstić information content (AvgIpc) is 3.10. The Kier molecular flexibility index (Phi) is 5.91. The zero-order chi connectivity index (χ0) is 17.6. The summed E-state index contributed by atoms with van der Waals surface area (Å²) in [7, 11) is 0. The van der Waals surface area contributed by atoms with E-state index in [-0.39, 0.29) is 6.61 Å². The molecule has 0 aliphatic carbocycles. The van der Waals surface area contributed by atoms with Crippen LogP contribution < -0.4 is 10.1 Å². The highest BCUT2D eigenvalue weighted by molar-refractivity contribution is 7.15. The Morgan fingerprint density at radius 3 is 2.72 bits per heavy atom. The van der Waals surface area contributed by atoms with Crippen molar-refractivity contribution in [2.45, 2.75) is 20.1 Å². The summed E-state index contributed by atoms with van der Waals surface area (Å²) in [6.45, 7) is 3.12. The minimum atomic E-state index is -0.0495. The lowest BCUT2D eigenvalue weighted by Gasteiger charge is -2.11. The first-order chi connectivity index (χ1) is 12.2. The summed E-state index contributed by atoms with van der Waals surface area (Å²) in [5.41, 5.74) is 2.77. The van der Waals surface area contributed by atoms with Crippen molar-refractivity contribution >= 4 is 28.6 Å². The summed E-state index contributed by atoms with van der Waals surface area (Å²) in [6.07, 6.45) is 1.88. The highest BCUT2D eigenvalue weighted by Gasteiger charge is 2.07. The molecule has 0 saturated heterocycles. The summed E-state index contributed by atoms with van der Waals surface area (Å²) < 4.78 is 5.50. The molecule has 1 aromatic heterocycles. The van der Waals surface area contributed by atoms with E-state index in [4.69, 9.17) is 16.3 Å². The molecule has 0 fully saturated rings. The van der Waals surface area contributed by atoms with Gasteiger partial charge in [0, 0.05) is 32.9 Å². The van der Waals surface area contributed by atoms with Gasteiger partial charge in [-0.25, -0.2) is 4.98 Å². The van der Waals surface area contributed by atoms with Crippen molar-refractivity contribution in [3.63, 3.8) is 0 Å². The third-order valence-corrected chi connectivity index (χ3v) is 4.94. The largest absolute Gasteiger partial charge is 0.494 e.